The first kappa shape index (κ1) is 14.1. The van der Waals surface area contributed by atoms with Gasteiger partial charge in [0.1, 0.15) is 5.56 Å². The number of benzene rings is 1. The summed E-state index contributed by atoms with van der Waals surface area (Å²) in [5.74, 6) is -2.33. The largest absolute Gasteiger partial charge is 0.462 e. The topological polar surface area (TPSA) is 48.3 Å². The lowest BCUT2D eigenvalue weighted by molar-refractivity contribution is 0.0518. The summed E-state index contributed by atoms with van der Waals surface area (Å²) in [6, 6.07) is 0.997. The average Bonchev–Trinajstić information content (AvgIpc) is 2.39. The maximum atomic E-state index is 13.7. The molecule has 0 spiro atoms. The van der Waals surface area contributed by atoms with Crippen LogP contribution in [0.3, 0.4) is 0 Å². The number of carbonyl (C=O) groups is 1. The van der Waals surface area contributed by atoms with E-state index in [9.17, 15) is 18.4 Å². The molecule has 0 saturated heterocycles. The van der Waals surface area contributed by atoms with Crippen molar-refractivity contribution in [3.63, 3.8) is 0 Å². The van der Waals surface area contributed by atoms with Crippen molar-refractivity contribution in [1.82, 2.24) is 4.57 Å². The highest BCUT2D eigenvalue weighted by Crippen LogP contribution is 2.37. The Balaban J connectivity index is 2.44. The molecule has 7 heteroatoms. The second-order valence-corrected chi connectivity index (χ2v) is 5.56. The summed E-state index contributed by atoms with van der Waals surface area (Å²) in [4.78, 5) is 24.5. The van der Waals surface area contributed by atoms with Crippen LogP contribution in [-0.4, -0.2) is 17.1 Å². The maximum Gasteiger partial charge on any atom is 0.344 e. The number of halogens is 2. The minimum atomic E-state index is -1.07. The SMILES string of the molecule is CCOC(=O)c1c2n(c3cc(F)c(F)c(C)c3c1=O)CS2. The first-order valence-electron chi connectivity index (χ1n) is 6.32. The molecule has 1 aromatic carbocycles. The van der Waals surface area contributed by atoms with Gasteiger partial charge in [0.05, 0.1) is 28.4 Å². The van der Waals surface area contributed by atoms with E-state index in [1.807, 2.05) is 0 Å². The van der Waals surface area contributed by atoms with Crippen molar-refractivity contribution >= 4 is 28.6 Å². The molecule has 0 unspecified atom stereocenters. The monoisotopic (exact) mass is 311 g/mol. The predicted molar refractivity (Wildman–Crippen MR) is 74.7 cm³/mol. The lowest BCUT2D eigenvalue weighted by Crippen LogP contribution is -2.28. The molecule has 2 aromatic rings. The van der Waals surface area contributed by atoms with E-state index >= 15 is 0 Å². The van der Waals surface area contributed by atoms with E-state index in [0.717, 1.165) is 6.07 Å². The van der Waals surface area contributed by atoms with E-state index in [2.05, 4.69) is 0 Å². The fourth-order valence-corrected chi connectivity index (χ4v) is 3.37. The average molecular weight is 311 g/mol. The lowest BCUT2D eigenvalue weighted by Gasteiger charge is -2.26. The Morgan fingerprint density at radius 3 is 2.76 bits per heavy atom. The Bertz CT molecular complexity index is 845. The van der Waals surface area contributed by atoms with Crippen LogP contribution in [0.15, 0.2) is 15.9 Å². The first-order valence-corrected chi connectivity index (χ1v) is 7.31. The van der Waals surface area contributed by atoms with Crippen LogP contribution >= 0.6 is 11.8 Å². The Kier molecular flexibility index (Phi) is 3.24. The second kappa shape index (κ2) is 4.84. The number of ether oxygens (including phenoxy) is 1. The quantitative estimate of drug-likeness (QED) is 0.800. The zero-order chi connectivity index (χ0) is 15.3. The predicted octanol–water partition coefficient (Wildman–Crippen LogP) is 2.83. The molecule has 0 bridgehead atoms. The minimum Gasteiger partial charge on any atom is -0.462 e. The third kappa shape index (κ3) is 1.87. The van der Waals surface area contributed by atoms with E-state index in [4.69, 9.17) is 4.74 Å². The number of thioether (sulfide) groups is 1. The number of carbonyl (C=O) groups excluding carboxylic acids is 1. The Hall–Kier alpha value is -1.89. The van der Waals surface area contributed by atoms with Crippen molar-refractivity contribution in [2.75, 3.05) is 6.61 Å². The Morgan fingerprint density at radius 2 is 2.19 bits per heavy atom. The Labute approximate surface area is 122 Å². The molecule has 0 amide bonds. The van der Waals surface area contributed by atoms with Gasteiger partial charge in [0.15, 0.2) is 11.6 Å². The van der Waals surface area contributed by atoms with Gasteiger partial charge in [0.2, 0.25) is 5.43 Å². The van der Waals surface area contributed by atoms with Crippen LogP contribution in [0.1, 0.15) is 22.8 Å². The van der Waals surface area contributed by atoms with Crippen molar-refractivity contribution in [3.05, 3.63) is 39.1 Å². The molecule has 2 heterocycles. The Morgan fingerprint density at radius 1 is 1.48 bits per heavy atom. The minimum absolute atomic E-state index is 0.0287. The third-order valence-corrected chi connectivity index (χ3v) is 4.53. The number of rotatable bonds is 2. The van der Waals surface area contributed by atoms with Crippen molar-refractivity contribution in [1.29, 1.82) is 0 Å². The van der Waals surface area contributed by atoms with E-state index in [1.54, 1.807) is 11.5 Å². The molecule has 0 saturated carbocycles. The van der Waals surface area contributed by atoms with Crippen molar-refractivity contribution in [3.8, 4) is 0 Å². The summed E-state index contributed by atoms with van der Waals surface area (Å²) < 4.78 is 33.8. The van der Waals surface area contributed by atoms with Gasteiger partial charge >= 0.3 is 5.97 Å². The fraction of sp³-hybridized carbons (Fsp3) is 0.286. The van der Waals surface area contributed by atoms with E-state index in [1.165, 1.54) is 18.7 Å². The molecule has 110 valence electrons. The highest BCUT2D eigenvalue weighted by Gasteiger charge is 2.30. The summed E-state index contributed by atoms with van der Waals surface area (Å²) in [6.07, 6.45) is 0. The van der Waals surface area contributed by atoms with E-state index in [0.29, 0.717) is 16.4 Å². The van der Waals surface area contributed by atoms with Gasteiger partial charge < -0.3 is 9.30 Å². The summed E-state index contributed by atoms with van der Waals surface area (Å²) >= 11 is 1.30. The molecule has 0 fully saturated rings. The molecule has 1 aliphatic rings. The fourth-order valence-electron chi connectivity index (χ4n) is 2.42. The van der Waals surface area contributed by atoms with Crippen LogP contribution in [0.5, 0.6) is 0 Å². The van der Waals surface area contributed by atoms with E-state index < -0.39 is 23.0 Å². The third-order valence-electron chi connectivity index (χ3n) is 3.45. The molecular formula is C14H11F2NO3S. The second-order valence-electron chi connectivity index (χ2n) is 4.62. The number of hydrogen-bond acceptors (Lipinski definition) is 4. The standard InChI is InChI=1S/C14H11F2NO3S/c1-3-20-14(19)10-12(18)9-6(2)11(16)7(15)4-8(9)17-5-21-13(10)17/h4H,3,5H2,1-2H3. The van der Waals surface area contributed by atoms with E-state index in [-0.39, 0.29) is 23.1 Å². The highest BCUT2D eigenvalue weighted by atomic mass is 32.2. The molecule has 1 aromatic heterocycles. The van der Waals surface area contributed by atoms with Crippen molar-refractivity contribution in [2.45, 2.75) is 24.8 Å². The van der Waals surface area contributed by atoms with Gasteiger partial charge in [-0.2, -0.15) is 0 Å². The molecular weight excluding hydrogens is 300 g/mol. The van der Waals surface area contributed by atoms with Gasteiger partial charge in [-0.1, -0.05) is 11.8 Å². The molecule has 3 rings (SSSR count). The van der Waals surface area contributed by atoms with Gasteiger partial charge in [-0.25, -0.2) is 13.6 Å². The van der Waals surface area contributed by atoms with Crippen molar-refractivity contribution < 1.29 is 18.3 Å². The zero-order valence-corrected chi connectivity index (χ0v) is 12.1. The molecule has 21 heavy (non-hydrogen) atoms. The van der Waals surface area contributed by atoms with Gasteiger partial charge in [0, 0.05) is 11.6 Å². The van der Waals surface area contributed by atoms with Crippen LogP contribution in [0.2, 0.25) is 0 Å². The number of aryl methyl sites for hydroxylation is 1. The van der Waals surface area contributed by atoms with Crippen LogP contribution in [0.25, 0.3) is 10.9 Å². The molecule has 4 nitrogen and oxygen atoms in total. The normalized spacial score (nSPS) is 13.0. The molecule has 0 aliphatic carbocycles. The molecule has 0 radical (unpaired) electrons. The zero-order valence-electron chi connectivity index (χ0n) is 11.3. The number of aromatic nitrogens is 1. The molecule has 0 atom stereocenters. The number of fused-ring (bicyclic) bond motifs is 3. The summed E-state index contributed by atoms with van der Waals surface area (Å²) in [5, 5.41) is 0.470. The lowest BCUT2D eigenvalue weighted by atomic mass is 10.1. The smallest absolute Gasteiger partial charge is 0.344 e. The summed E-state index contributed by atoms with van der Waals surface area (Å²) in [5.41, 5.74) is -0.501. The van der Waals surface area contributed by atoms with Gasteiger partial charge in [-0.3, -0.25) is 4.79 Å². The van der Waals surface area contributed by atoms with Crippen molar-refractivity contribution in [2.24, 2.45) is 0 Å². The first-order chi connectivity index (χ1) is 9.97. The number of pyridine rings is 1. The number of hydrogen-bond donors (Lipinski definition) is 0. The highest BCUT2D eigenvalue weighted by molar-refractivity contribution is 7.99. The van der Waals surface area contributed by atoms with Crippen LogP contribution in [0, 0.1) is 18.6 Å². The van der Waals surface area contributed by atoms with Crippen LogP contribution in [0.4, 0.5) is 8.78 Å². The molecule has 1 aliphatic heterocycles. The van der Waals surface area contributed by atoms with Gasteiger partial charge in [-0.05, 0) is 13.8 Å². The van der Waals surface area contributed by atoms with Crippen LogP contribution < -0.4 is 5.43 Å². The maximum absolute atomic E-state index is 13.7. The number of nitrogens with zero attached hydrogens (tertiary/aromatic N) is 1. The number of esters is 1. The van der Waals surface area contributed by atoms with Gasteiger partial charge in [-0.15, -0.1) is 0 Å². The summed E-state index contributed by atoms with van der Waals surface area (Å²) in [7, 11) is 0. The van der Waals surface area contributed by atoms with Gasteiger partial charge in [0.25, 0.3) is 0 Å². The van der Waals surface area contributed by atoms with Crippen LogP contribution in [-0.2, 0) is 10.6 Å². The summed E-state index contributed by atoms with van der Waals surface area (Å²) in [6.45, 7) is 3.10. The molecule has 0 N–H and O–H groups in total.